The van der Waals surface area contributed by atoms with Crippen LogP contribution in [-0.4, -0.2) is 28.0 Å². The minimum Gasteiger partial charge on any atom is -0.353 e. The Balaban J connectivity index is 1.52. The van der Waals surface area contributed by atoms with Crippen LogP contribution in [0.5, 0.6) is 0 Å². The minimum absolute atomic E-state index is 0.00554. The van der Waals surface area contributed by atoms with Crippen LogP contribution in [-0.2, 0) is 24.7 Å². The number of likely N-dealkylation sites (tertiary alicyclic amines) is 1. The number of carbonyl (C=O) groups is 1. The van der Waals surface area contributed by atoms with E-state index in [9.17, 15) is 10.1 Å². The summed E-state index contributed by atoms with van der Waals surface area (Å²) in [6, 6.07) is 6.63. The summed E-state index contributed by atoms with van der Waals surface area (Å²) in [6.45, 7) is 2.91. The number of carbonyl (C=O) groups excluding carboxylic acids is 1. The third-order valence-electron chi connectivity index (χ3n) is 6.27. The number of anilines is 1. The summed E-state index contributed by atoms with van der Waals surface area (Å²) >= 11 is 1.61. The number of nitrogens with zero attached hydrogens (tertiary/aromatic N) is 3. The molecule has 0 unspecified atom stereocenters. The van der Waals surface area contributed by atoms with Crippen molar-refractivity contribution in [3.63, 3.8) is 0 Å². The number of aromatic nitrogens is 1. The topological polar surface area (TPSA) is 61.1 Å². The van der Waals surface area contributed by atoms with E-state index >= 15 is 0 Å². The van der Waals surface area contributed by atoms with Crippen molar-refractivity contribution in [3.05, 3.63) is 40.0 Å². The normalized spacial score (nSPS) is 21.0. The Bertz CT molecular complexity index is 906. The molecule has 1 N–H and O–H groups in total. The zero-order valence-corrected chi connectivity index (χ0v) is 17.5. The van der Waals surface area contributed by atoms with Crippen molar-refractivity contribution in [3.8, 4) is 6.07 Å². The maximum Gasteiger partial charge on any atom is 0.242 e. The smallest absolute Gasteiger partial charge is 0.242 e. The van der Waals surface area contributed by atoms with E-state index in [1.54, 1.807) is 11.3 Å². The largest absolute Gasteiger partial charge is 0.353 e. The second kappa shape index (κ2) is 8.10. The monoisotopic (exact) mass is 396 g/mol. The van der Waals surface area contributed by atoms with Gasteiger partial charge >= 0.3 is 0 Å². The Morgan fingerprint density at radius 1 is 1.32 bits per heavy atom. The molecule has 1 aliphatic heterocycles. The zero-order valence-electron chi connectivity index (χ0n) is 16.7. The lowest BCUT2D eigenvalue weighted by atomic mass is 10.1. The minimum atomic E-state index is -0.226. The first-order valence-corrected chi connectivity index (χ1v) is 11.1. The molecule has 148 valence electrons. The molecular weight excluding hydrogens is 368 g/mol. The van der Waals surface area contributed by atoms with Crippen molar-refractivity contribution < 1.29 is 4.79 Å². The quantitative estimate of drug-likeness (QED) is 0.780. The van der Waals surface area contributed by atoms with Gasteiger partial charge in [0.15, 0.2) is 0 Å². The molecule has 1 saturated heterocycles. The van der Waals surface area contributed by atoms with E-state index < -0.39 is 0 Å². The van der Waals surface area contributed by atoms with Gasteiger partial charge in [0, 0.05) is 23.8 Å². The maximum atomic E-state index is 13.1. The molecule has 5 nitrogen and oxygen atoms in total. The fourth-order valence-electron chi connectivity index (χ4n) is 4.71. The highest BCUT2D eigenvalue weighted by molar-refractivity contribution is 7.16. The van der Waals surface area contributed by atoms with Crippen molar-refractivity contribution in [2.75, 3.05) is 11.9 Å². The van der Waals surface area contributed by atoms with Gasteiger partial charge in [-0.05, 0) is 69.7 Å². The Morgan fingerprint density at radius 3 is 2.89 bits per heavy atom. The van der Waals surface area contributed by atoms with Crippen LogP contribution < -0.4 is 5.32 Å². The second-order valence-electron chi connectivity index (χ2n) is 7.99. The van der Waals surface area contributed by atoms with Gasteiger partial charge in [-0.2, -0.15) is 5.26 Å². The number of nitriles is 1. The molecule has 0 bridgehead atoms. The molecule has 1 aliphatic carbocycles. The first-order valence-electron chi connectivity index (χ1n) is 10.3. The van der Waals surface area contributed by atoms with Gasteiger partial charge in [0.05, 0.1) is 17.6 Å². The van der Waals surface area contributed by atoms with Crippen molar-refractivity contribution in [2.24, 2.45) is 7.05 Å². The van der Waals surface area contributed by atoms with Crippen LogP contribution in [0.3, 0.4) is 0 Å². The summed E-state index contributed by atoms with van der Waals surface area (Å²) in [5.41, 5.74) is 3.14. The summed E-state index contributed by atoms with van der Waals surface area (Å²) < 4.78 is 2.15. The Kier molecular flexibility index (Phi) is 5.56. The number of nitrogens with one attached hydrogen (secondary N) is 1. The van der Waals surface area contributed by atoms with Crippen LogP contribution in [0, 0.1) is 11.3 Å². The number of rotatable bonds is 4. The average Bonchev–Trinajstić information content (AvgIpc) is 3.36. The molecule has 4 rings (SSSR count). The lowest BCUT2D eigenvalue weighted by molar-refractivity contribution is -0.121. The van der Waals surface area contributed by atoms with E-state index in [0.29, 0.717) is 5.56 Å². The lowest BCUT2D eigenvalue weighted by Gasteiger charge is -2.30. The van der Waals surface area contributed by atoms with Gasteiger partial charge < -0.3 is 9.88 Å². The molecule has 2 aromatic heterocycles. The fourth-order valence-corrected chi connectivity index (χ4v) is 5.95. The predicted molar refractivity (Wildman–Crippen MR) is 112 cm³/mol. The molecule has 3 heterocycles. The summed E-state index contributed by atoms with van der Waals surface area (Å²) in [4.78, 5) is 16.7. The van der Waals surface area contributed by atoms with Gasteiger partial charge in [-0.15, -0.1) is 11.3 Å². The van der Waals surface area contributed by atoms with Crippen molar-refractivity contribution in [1.82, 2.24) is 9.47 Å². The van der Waals surface area contributed by atoms with E-state index in [0.717, 1.165) is 43.6 Å². The third-order valence-corrected chi connectivity index (χ3v) is 7.47. The summed E-state index contributed by atoms with van der Waals surface area (Å²) in [5, 5.41) is 13.6. The van der Waals surface area contributed by atoms with Crippen molar-refractivity contribution in [2.45, 2.75) is 64.0 Å². The molecular formula is C22H28N4OS. The Morgan fingerprint density at radius 2 is 2.14 bits per heavy atom. The molecule has 2 aliphatic rings. The Hall–Kier alpha value is -2.10. The van der Waals surface area contributed by atoms with Crippen LogP contribution in [0.4, 0.5) is 5.00 Å². The summed E-state index contributed by atoms with van der Waals surface area (Å²) in [6.07, 6.45) is 9.76. The average molecular weight is 397 g/mol. The molecule has 0 aromatic carbocycles. The van der Waals surface area contributed by atoms with E-state index in [1.807, 2.05) is 6.92 Å². The number of hydrogen-bond donors (Lipinski definition) is 1. The fraction of sp³-hybridized carbons (Fsp3) is 0.545. The molecule has 6 heteroatoms. The second-order valence-corrected chi connectivity index (χ2v) is 9.09. The van der Waals surface area contributed by atoms with Crippen LogP contribution >= 0.6 is 11.3 Å². The van der Waals surface area contributed by atoms with Gasteiger partial charge in [-0.1, -0.05) is 6.42 Å². The highest BCUT2D eigenvalue weighted by atomic mass is 32.1. The van der Waals surface area contributed by atoms with Crippen LogP contribution in [0.2, 0.25) is 0 Å². The number of aryl methyl sites for hydroxylation is 2. The van der Waals surface area contributed by atoms with Crippen LogP contribution in [0.25, 0.3) is 0 Å². The van der Waals surface area contributed by atoms with Gasteiger partial charge in [-0.25, -0.2) is 0 Å². The van der Waals surface area contributed by atoms with Crippen LogP contribution in [0.1, 0.15) is 66.8 Å². The molecule has 2 atom stereocenters. The van der Waals surface area contributed by atoms with E-state index in [-0.39, 0.29) is 18.0 Å². The molecule has 2 aromatic rings. The lowest BCUT2D eigenvalue weighted by Crippen LogP contribution is -2.42. The molecule has 28 heavy (non-hydrogen) atoms. The SMILES string of the molecule is C[C@@H](C(=O)Nc1sc2c(c1C#N)CCCCC2)N1CCC[C@@H]1c1cccn1C. The summed E-state index contributed by atoms with van der Waals surface area (Å²) in [7, 11) is 2.06. The van der Waals surface area contributed by atoms with E-state index in [4.69, 9.17) is 0 Å². The standard InChI is InChI=1S/C22H28N4OS/c1-15(26-13-7-10-19(26)18-9-6-12-25(18)2)21(27)24-22-17(14-23)16-8-4-3-5-11-20(16)28-22/h6,9,12,15,19H,3-5,7-8,10-11,13H2,1-2H3,(H,24,27)/t15-,19+/m0/s1. The first kappa shape index (κ1) is 19.2. The summed E-state index contributed by atoms with van der Waals surface area (Å²) in [5.74, 6) is -0.00554. The van der Waals surface area contributed by atoms with Crippen molar-refractivity contribution in [1.29, 1.82) is 5.26 Å². The number of hydrogen-bond acceptors (Lipinski definition) is 4. The van der Waals surface area contributed by atoms with Gasteiger partial charge in [0.25, 0.3) is 0 Å². The highest BCUT2D eigenvalue weighted by Gasteiger charge is 2.34. The van der Waals surface area contributed by atoms with Gasteiger partial charge in [-0.3, -0.25) is 9.69 Å². The zero-order chi connectivity index (χ0) is 19.7. The Labute approximate surface area is 171 Å². The molecule has 1 amide bonds. The van der Waals surface area contributed by atoms with E-state index in [2.05, 4.69) is 46.2 Å². The highest BCUT2D eigenvalue weighted by Crippen LogP contribution is 2.38. The maximum absolute atomic E-state index is 13.1. The number of amides is 1. The number of fused-ring (bicyclic) bond motifs is 1. The molecule has 0 spiro atoms. The molecule has 0 radical (unpaired) electrons. The van der Waals surface area contributed by atoms with Gasteiger partial charge in [0.2, 0.25) is 5.91 Å². The van der Waals surface area contributed by atoms with Gasteiger partial charge in [0.1, 0.15) is 11.1 Å². The van der Waals surface area contributed by atoms with E-state index in [1.165, 1.54) is 29.0 Å². The van der Waals surface area contributed by atoms with Crippen molar-refractivity contribution >= 4 is 22.2 Å². The predicted octanol–water partition coefficient (Wildman–Crippen LogP) is 4.39. The van der Waals surface area contributed by atoms with Crippen LogP contribution in [0.15, 0.2) is 18.3 Å². The molecule has 0 saturated carbocycles. The number of thiophene rings is 1. The first-order chi connectivity index (χ1) is 13.6. The third kappa shape index (κ3) is 3.49. The molecule has 1 fully saturated rings.